The molecule has 2 fully saturated rings. The molecule has 0 aromatic rings. The molecular formula is C11H20N2O3SSi. The lowest BCUT2D eigenvalue weighted by Crippen LogP contribution is -2.69. The fourth-order valence-corrected chi connectivity index (χ4v) is 4.66. The van der Waals surface area contributed by atoms with Crippen LogP contribution in [0.25, 0.3) is 0 Å². The van der Waals surface area contributed by atoms with E-state index in [0.717, 1.165) is 0 Å². The van der Waals surface area contributed by atoms with Crippen molar-refractivity contribution in [1.82, 2.24) is 4.90 Å². The van der Waals surface area contributed by atoms with Crippen LogP contribution in [0.3, 0.4) is 0 Å². The van der Waals surface area contributed by atoms with E-state index >= 15 is 0 Å². The standard InChI is InChI=1S/C11H20N2O3SSi/c1-11(2)7(10(15)16-18(3,4)5)13-8(14)6(12)9(13)17-11/h6-7,9H,12H2,1-5H3/t6-,7+,9-/m1/s1. The quantitative estimate of drug-likeness (QED) is 0.600. The summed E-state index contributed by atoms with van der Waals surface area (Å²) in [7, 11) is -1.94. The van der Waals surface area contributed by atoms with Crippen LogP contribution < -0.4 is 5.73 Å². The number of fused-ring (bicyclic) bond motifs is 1. The van der Waals surface area contributed by atoms with Crippen LogP contribution in [0.2, 0.25) is 19.6 Å². The Balaban J connectivity index is 2.21. The van der Waals surface area contributed by atoms with E-state index in [-0.39, 0.29) is 22.0 Å². The van der Waals surface area contributed by atoms with Gasteiger partial charge < -0.3 is 15.1 Å². The Morgan fingerprint density at radius 1 is 1.44 bits per heavy atom. The largest absolute Gasteiger partial charge is 0.518 e. The number of nitrogens with two attached hydrogens (primary N) is 1. The summed E-state index contributed by atoms with van der Waals surface area (Å²) in [6, 6.07) is -0.981. The summed E-state index contributed by atoms with van der Waals surface area (Å²) in [6.07, 6.45) is 0. The number of carbonyl (C=O) groups is 2. The topological polar surface area (TPSA) is 72.6 Å². The molecule has 0 spiro atoms. The van der Waals surface area contributed by atoms with Crippen molar-refractivity contribution < 1.29 is 14.0 Å². The molecule has 0 saturated carbocycles. The summed E-state index contributed by atoms with van der Waals surface area (Å²) in [4.78, 5) is 25.7. The van der Waals surface area contributed by atoms with Crippen molar-refractivity contribution in [3.05, 3.63) is 0 Å². The Labute approximate surface area is 113 Å². The van der Waals surface area contributed by atoms with Gasteiger partial charge in [-0.15, -0.1) is 11.8 Å². The number of hydrogen-bond acceptors (Lipinski definition) is 5. The zero-order valence-electron chi connectivity index (χ0n) is 11.4. The maximum atomic E-state index is 12.3. The Kier molecular flexibility index (Phi) is 3.07. The molecule has 2 aliphatic rings. The van der Waals surface area contributed by atoms with Crippen molar-refractivity contribution in [1.29, 1.82) is 0 Å². The molecule has 7 heteroatoms. The molecule has 0 bridgehead atoms. The van der Waals surface area contributed by atoms with E-state index in [2.05, 4.69) is 0 Å². The Hall–Kier alpha value is -0.533. The highest BCUT2D eigenvalue weighted by Gasteiger charge is 2.63. The molecule has 3 atom stereocenters. The van der Waals surface area contributed by atoms with Gasteiger partial charge >= 0.3 is 5.97 Å². The van der Waals surface area contributed by atoms with Crippen molar-refractivity contribution in [3.63, 3.8) is 0 Å². The van der Waals surface area contributed by atoms with E-state index in [0.29, 0.717) is 0 Å². The van der Waals surface area contributed by atoms with Crippen LogP contribution in [-0.2, 0) is 14.0 Å². The molecule has 1 amide bonds. The fourth-order valence-electron chi connectivity index (χ4n) is 2.38. The molecule has 5 nitrogen and oxygen atoms in total. The van der Waals surface area contributed by atoms with Crippen molar-refractivity contribution in [2.45, 2.75) is 55.7 Å². The highest BCUT2D eigenvalue weighted by molar-refractivity contribution is 8.01. The summed E-state index contributed by atoms with van der Waals surface area (Å²) < 4.78 is 5.20. The lowest BCUT2D eigenvalue weighted by molar-refractivity contribution is -0.158. The van der Waals surface area contributed by atoms with Gasteiger partial charge in [-0.05, 0) is 33.5 Å². The van der Waals surface area contributed by atoms with Crippen LogP contribution in [0.1, 0.15) is 13.8 Å². The molecule has 2 heterocycles. The first-order chi connectivity index (χ1) is 8.04. The van der Waals surface area contributed by atoms with Crippen LogP contribution in [0.15, 0.2) is 0 Å². The lowest BCUT2D eigenvalue weighted by atomic mass is 9.96. The first-order valence-corrected chi connectivity index (χ1v) is 10.3. The molecule has 2 aliphatic heterocycles. The van der Waals surface area contributed by atoms with Gasteiger partial charge in [0.15, 0.2) is 0 Å². The van der Waals surface area contributed by atoms with Gasteiger partial charge in [0.25, 0.3) is 0 Å². The highest BCUT2D eigenvalue weighted by atomic mass is 32.2. The van der Waals surface area contributed by atoms with E-state index in [4.69, 9.17) is 10.2 Å². The Morgan fingerprint density at radius 3 is 2.50 bits per heavy atom. The number of hydrogen-bond donors (Lipinski definition) is 1. The number of amides is 1. The molecule has 0 radical (unpaired) electrons. The van der Waals surface area contributed by atoms with Crippen molar-refractivity contribution in [3.8, 4) is 0 Å². The van der Waals surface area contributed by atoms with Crippen LogP contribution in [-0.4, -0.2) is 47.3 Å². The van der Waals surface area contributed by atoms with Crippen molar-refractivity contribution in [2.24, 2.45) is 5.73 Å². The second-order valence-electron chi connectivity index (χ2n) is 6.32. The number of rotatable bonds is 2. The maximum Gasteiger partial charge on any atom is 0.317 e. The van der Waals surface area contributed by atoms with Crippen molar-refractivity contribution in [2.75, 3.05) is 0 Å². The Morgan fingerprint density at radius 2 is 2.00 bits per heavy atom. The van der Waals surface area contributed by atoms with Gasteiger partial charge in [0.2, 0.25) is 14.2 Å². The second-order valence-corrected chi connectivity index (χ2v) is 12.5. The van der Waals surface area contributed by atoms with Gasteiger partial charge in [-0.2, -0.15) is 0 Å². The van der Waals surface area contributed by atoms with Crippen LogP contribution >= 0.6 is 11.8 Å². The second kappa shape index (κ2) is 3.98. The summed E-state index contributed by atoms with van der Waals surface area (Å²) in [6.45, 7) is 9.81. The zero-order chi connectivity index (χ0) is 13.9. The molecule has 2 N–H and O–H groups in total. The number of nitrogens with zero attached hydrogens (tertiary/aromatic N) is 1. The summed E-state index contributed by atoms with van der Waals surface area (Å²) in [5.74, 6) is -0.426. The van der Waals surface area contributed by atoms with Gasteiger partial charge in [-0.3, -0.25) is 9.59 Å². The highest BCUT2D eigenvalue weighted by Crippen LogP contribution is 2.50. The average Bonchev–Trinajstić information content (AvgIpc) is 2.44. The lowest BCUT2D eigenvalue weighted by Gasteiger charge is -2.42. The summed E-state index contributed by atoms with van der Waals surface area (Å²) >= 11 is 1.59. The van der Waals surface area contributed by atoms with Gasteiger partial charge in [0.1, 0.15) is 17.5 Å². The van der Waals surface area contributed by atoms with Gasteiger partial charge in [0, 0.05) is 4.75 Å². The minimum atomic E-state index is -1.94. The molecule has 0 aromatic carbocycles. The third-order valence-electron chi connectivity index (χ3n) is 3.11. The third-order valence-corrected chi connectivity index (χ3v) is 5.52. The molecule has 2 saturated heterocycles. The molecule has 0 aromatic heterocycles. The molecule has 2 rings (SSSR count). The van der Waals surface area contributed by atoms with E-state index in [1.165, 1.54) is 0 Å². The van der Waals surface area contributed by atoms with E-state index in [1.807, 2.05) is 33.5 Å². The summed E-state index contributed by atoms with van der Waals surface area (Å²) in [5.41, 5.74) is 5.76. The van der Waals surface area contributed by atoms with Crippen molar-refractivity contribution >= 4 is 32.0 Å². The van der Waals surface area contributed by atoms with E-state index in [9.17, 15) is 9.59 Å². The molecular weight excluding hydrogens is 268 g/mol. The SMILES string of the molecule is CC1(C)S[C@@H]2[C@H](N)C(=O)N2[C@H]1C(=O)O[Si](C)(C)C. The fraction of sp³-hybridized carbons (Fsp3) is 0.818. The predicted molar refractivity (Wildman–Crippen MR) is 73.5 cm³/mol. The van der Waals surface area contributed by atoms with Crippen LogP contribution in [0.4, 0.5) is 0 Å². The molecule has 102 valence electrons. The van der Waals surface area contributed by atoms with Gasteiger partial charge in [-0.25, -0.2) is 0 Å². The first-order valence-electron chi connectivity index (χ1n) is 6.03. The van der Waals surface area contributed by atoms with E-state index in [1.54, 1.807) is 16.7 Å². The normalized spacial score (nSPS) is 34.0. The summed E-state index contributed by atoms with van der Waals surface area (Å²) in [5, 5.41) is -0.0771. The minimum absolute atomic E-state index is 0.0771. The smallest absolute Gasteiger partial charge is 0.317 e. The third kappa shape index (κ3) is 2.08. The number of thioether (sulfide) groups is 1. The zero-order valence-corrected chi connectivity index (χ0v) is 13.2. The van der Waals surface area contributed by atoms with Crippen LogP contribution in [0.5, 0.6) is 0 Å². The van der Waals surface area contributed by atoms with Crippen LogP contribution in [0, 0.1) is 0 Å². The monoisotopic (exact) mass is 288 g/mol. The van der Waals surface area contributed by atoms with Gasteiger partial charge in [-0.1, -0.05) is 0 Å². The molecule has 0 aliphatic carbocycles. The first kappa shape index (κ1) is 13.9. The number of β-lactam (4-membered cyclic amide) rings is 1. The minimum Gasteiger partial charge on any atom is -0.518 e. The van der Waals surface area contributed by atoms with E-state index < -0.39 is 20.4 Å². The number of carbonyl (C=O) groups excluding carboxylic acids is 2. The average molecular weight is 288 g/mol. The molecule has 18 heavy (non-hydrogen) atoms. The maximum absolute atomic E-state index is 12.3. The predicted octanol–water partition coefficient (Wildman–Crippen LogP) is 0.754. The Bertz CT molecular complexity index is 408. The molecule has 0 unspecified atom stereocenters. The van der Waals surface area contributed by atoms with Gasteiger partial charge in [0.05, 0.1) is 0 Å².